The van der Waals surface area contributed by atoms with Gasteiger partial charge in [-0.2, -0.15) is 0 Å². The Balaban J connectivity index is 1.61. The molecule has 3 unspecified atom stereocenters. The molecular formula is C17H26N2. The topological polar surface area (TPSA) is 15.3 Å². The maximum absolute atomic E-state index is 3.54. The Hall–Kier alpha value is -1.02. The van der Waals surface area contributed by atoms with Crippen molar-refractivity contribution < 1.29 is 0 Å². The van der Waals surface area contributed by atoms with Crippen molar-refractivity contribution in [1.29, 1.82) is 0 Å². The molecule has 1 aromatic carbocycles. The molecule has 1 N–H and O–H groups in total. The molecular weight excluding hydrogens is 232 g/mol. The van der Waals surface area contributed by atoms with E-state index < -0.39 is 0 Å². The number of para-hydroxylation sites is 1. The molecule has 0 aromatic heterocycles. The van der Waals surface area contributed by atoms with Crippen LogP contribution in [-0.4, -0.2) is 30.1 Å². The second-order valence-corrected chi connectivity index (χ2v) is 6.18. The van der Waals surface area contributed by atoms with E-state index in [0.29, 0.717) is 5.92 Å². The van der Waals surface area contributed by atoms with Gasteiger partial charge in [0.15, 0.2) is 0 Å². The van der Waals surface area contributed by atoms with Gasteiger partial charge in [-0.3, -0.25) is 4.90 Å². The third-order valence-electron chi connectivity index (χ3n) is 5.10. The fourth-order valence-corrected chi connectivity index (χ4v) is 3.89. The van der Waals surface area contributed by atoms with E-state index in [0.717, 1.165) is 18.6 Å². The Bertz CT molecular complexity index is 429. The van der Waals surface area contributed by atoms with Crippen LogP contribution in [0.2, 0.25) is 0 Å². The van der Waals surface area contributed by atoms with E-state index in [1.54, 1.807) is 0 Å². The lowest BCUT2D eigenvalue weighted by molar-refractivity contribution is 0.192. The molecule has 2 heterocycles. The molecule has 0 aliphatic carbocycles. The van der Waals surface area contributed by atoms with Gasteiger partial charge in [0.05, 0.1) is 0 Å². The average molecular weight is 258 g/mol. The number of likely N-dealkylation sites (tertiary alicyclic amines) is 1. The smallest absolute Gasteiger partial charge is 0.0376 e. The van der Waals surface area contributed by atoms with E-state index in [1.165, 1.54) is 43.5 Å². The van der Waals surface area contributed by atoms with Crippen LogP contribution in [0.25, 0.3) is 0 Å². The van der Waals surface area contributed by atoms with Gasteiger partial charge < -0.3 is 5.32 Å². The van der Waals surface area contributed by atoms with Crippen molar-refractivity contribution in [1.82, 2.24) is 4.90 Å². The Morgan fingerprint density at radius 1 is 1.26 bits per heavy atom. The molecule has 3 rings (SSSR count). The van der Waals surface area contributed by atoms with Gasteiger partial charge in [0.1, 0.15) is 0 Å². The maximum atomic E-state index is 3.54. The quantitative estimate of drug-likeness (QED) is 0.882. The van der Waals surface area contributed by atoms with Gasteiger partial charge in [-0.1, -0.05) is 25.1 Å². The van der Waals surface area contributed by atoms with Gasteiger partial charge in [0, 0.05) is 30.2 Å². The second kappa shape index (κ2) is 5.54. The summed E-state index contributed by atoms with van der Waals surface area (Å²) in [6.45, 7) is 7.12. The number of hydrogen-bond acceptors (Lipinski definition) is 2. The average Bonchev–Trinajstić information content (AvgIpc) is 3.00. The minimum Gasteiger partial charge on any atom is -0.384 e. The molecule has 2 aliphatic heterocycles. The van der Waals surface area contributed by atoms with Gasteiger partial charge in [-0.15, -0.1) is 0 Å². The highest BCUT2D eigenvalue weighted by atomic mass is 15.2. The predicted octanol–water partition coefficient (Wildman–Crippen LogP) is 3.85. The number of rotatable bonds is 4. The SMILES string of the molecule is CCC1CCC(C)N1CCC1CNc2ccccc21. The van der Waals surface area contributed by atoms with Gasteiger partial charge in [-0.25, -0.2) is 0 Å². The lowest BCUT2D eigenvalue weighted by Crippen LogP contribution is -2.35. The summed E-state index contributed by atoms with van der Waals surface area (Å²) in [5.74, 6) is 0.710. The van der Waals surface area contributed by atoms with Crippen LogP contribution >= 0.6 is 0 Å². The number of fused-ring (bicyclic) bond motifs is 1. The summed E-state index contributed by atoms with van der Waals surface area (Å²) in [5.41, 5.74) is 2.89. The lowest BCUT2D eigenvalue weighted by Gasteiger charge is -2.28. The van der Waals surface area contributed by atoms with Gasteiger partial charge >= 0.3 is 0 Å². The Labute approximate surface area is 117 Å². The van der Waals surface area contributed by atoms with Crippen LogP contribution in [0.1, 0.15) is 51.0 Å². The third kappa shape index (κ3) is 2.51. The normalized spacial score (nSPS) is 30.3. The fraction of sp³-hybridized carbons (Fsp3) is 0.647. The first kappa shape index (κ1) is 13.0. The lowest BCUT2D eigenvalue weighted by atomic mass is 9.97. The predicted molar refractivity (Wildman–Crippen MR) is 81.8 cm³/mol. The summed E-state index contributed by atoms with van der Waals surface area (Å²) >= 11 is 0. The summed E-state index contributed by atoms with van der Waals surface area (Å²) in [4.78, 5) is 2.75. The maximum Gasteiger partial charge on any atom is 0.0376 e. The molecule has 2 nitrogen and oxygen atoms in total. The first-order valence-corrected chi connectivity index (χ1v) is 7.88. The molecule has 1 fully saturated rings. The van der Waals surface area contributed by atoms with Gasteiger partial charge in [0.2, 0.25) is 0 Å². The fourth-order valence-electron chi connectivity index (χ4n) is 3.89. The van der Waals surface area contributed by atoms with Crippen LogP contribution in [0.3, 0.4) is 0 Å². The van der Waals surface area contributed by atoms with Crippen LogP contribution in [0.4, 0.5) is 5.69 Å². The van der Waals surface area contributed by atoms with E-state index in [9.17, 15) is 0 Å². The van der Waals surface area contributed by atoms with Crippen molar-refractivity contribution >= 4 is 5.69 Å². The zero-order valence-corrected chi connectivity index (χ0v) is 12.2. The van der Waals surface area contributed by atoms with E-state index in [2.05, 4.69) is 48.3 Å². The number of hydrogen-bond donors (Lipinski definition) is 1. The molecule has 0 radical (unpaired) electrons. The van der Waals surface area contributed by atoms with E-state index in [4.69, 9.17) is 0 Å². The molecule has 0 bridgehead atoms. The highest BCUT2D eigenvalue weighted by molar-refractivity contribution is 5.57. The number of anilines is 1. The molecule has 0 saturated carbocycles. The van der Waals surface area contributed by atoms with Crippen molar-refractivity contribution in [3.63, 3.8) is 0 Å². The molecule has 2 aliphatic rings. The van der Waals surface area contributed by atoms with E-state index in [-0.39, 0.29) is 0 Å². The van der Waals surface area contributed by atoms with Crippen LogP contribution in [0.5, 0.6) is 0 Å². The molecule has 3 atom stereocenters. The van der Waals surface area contributed by atoms with Gasteiger partial charge in [0.25, 0.3) is 0 Å². The zero-order chi connectivity index (χ0) is 13.2. The van der Waals surface area contributed by atoms with Crippen LogP contribution in [-0.2, 0) is 0 Å². The first-order chi connectivity index (χ1) is 9.29. The van der Waals surface area contributed by atoms with Crippen molar-refractivity contribution in [3.05, 3.63) is 29.8 Å². The standard InChI is InChI=1S/C17H26N2/c1-3-15-9-8-13(2)19(15)11-10-14-12-18-17-7-5-4-6-16(14)17/h4-7,13-15,18H,3,8-12H2,1-2H3. The summed E-state index contributed by atoms with van der Waals surface area (Å²) < 4.78 is 0. The molecule has 104 valence electrons. The van der Waals surface area contributed by atoms with Crippen LogP contribution in [0, 0.1) is 0 Å². The van der Waals surface area contributed by atoms with Crippen LogP contribution in [0.15, 0.2) is 24.3 Å². The summed E-state index contributed by atoms with van der Waals surface area (Å²) in [7, 11) is 0. The number of nitrogens with zero attached hydrogens (tertiary/aromatic N) is 1. The summed E-state index contributed by atoms with van der Waals surface area (Å²) in [6, 6.07) is 10.4. The minimum atomic E-state index is 0.710. The Kier molecular flexibility index (Phi) is 3.79. The molecule has 1 aromatic rings. The van der Waals surface area contributed by atoms with Crippen molar-refractivity contribution in [2.24, 2.45) is 0 Å². The summed E-state index contributed by atoms with van der Waals surface area (Å²) in [6.07, 6.45) is 5.39. The van der Waals surface area contributed by atoms with Crippen molar-refractivity contribution in [2.75, 3.05) is 18.4 Å². The molecule has 0 amide bonds. The highest BCUT2D eigenvalue weighted by Crippen LogP contribution is 2.34. The first-order valence-electron chi connectivity index (χ1n) is 7.88. The number of nitrogens with one attached hydrogen (secondary N) is 1. The van der Waals surface area contributed by atoms with E-state index in [1.807, 2.05) is 0 Å². The third-order valence-corrected chi connectivity index (χ3v) is 5.10. The monoisotopic (exact) mass is 258 g/mol. The Morgan fingerprint density at radius 2 is 2.11 bits per heavy atom. The molecule has 1 saturated heterocycles. The highest BCUT2D eigenvalue weighted by Gasteiger charge is 2.30. The van der Waals surface area contributed by atoms with Crippen molar-refractivity contribution in [3.8, 4) is 0 Å². The minimum absolute atomic E-state index is 0.710. The number of benzene rings is 1. The Morgan fingerprint density at radius 3 is 2.95 bits per heavy atom. The van der Waals surface area contributed by atoms with E-state index >= 15 is 0 Å². The van der Waals surface area contributed by atoms with Crippen molar-refractivity contribution in [2.45, 2.75) is 57.5 Å². The van der Waals surface area contributed by atoms with Gasteiger partial charge in [-0.05, 0) is 50.8 Å². The van der Waals surface area contributed by atoms with Crippen LogP contribution < -0.4 is 5.32 Å². The molecule has 2 heteroatoms. The molecule has 0 spiro atoms. The summed E-state index contributed by atoms with van der Waals surface area (Å²) in [5, 5.41) is 3.54. The second-order valence-electron chi connectivity index (χ2n) is 6.18. The largest absolute Gasteiger partial charge is 0.384 e. The zero-order valence-electron chi connectivity index (χ0n) is 12.2. The molecule has 19 heavy (non-hydrogen) atoms.